The number of hydrogen-bond donors (Lipinski definition) is 2. The molecule has 0 aromatic carbocycles. The molecule has 17 heavy (non-hydrogen) atoms. The average molecular weight is 265 g/mol. The largest absolute Gasteiger partial charge is 0.397 e. The zero-order valence-electron chi connectivity index (χ0n) is 10.5. The Kier molecular flexibility index (Phi) is 11.5. The zero-order chi connectivity index (χ0) is 13.9. The Morgan fingerprint density at radius 2 is 1.71 bits per heavy atom. The van der Waals surface area contributed by atoms with Gasteiger partial charge in [0.15, 0.2) is 0 Å². The second kappa shape index (κ2) is 10.5. The van der Waals surface area contributed by atoms with Gasteiger partial charge in [-0.25, -0.2) is 0 Å². The predicted octanol–water partition coefficient (Wildman–Crippen LogP) is 1.93. The summed E-state index contributed by atoms with van der Waals surface area (Å²) >= 11 is 0. The van der Waals surface area contributed by atoms with E-state index in [-0.39, 0.29) is 0 Å². The van der Waals surface area contributed by atoms with Gasteiger partial charge in [-0.3, -0.25) is 8.74 Å². The van der Waals surface area contributed by atoms with Gasteiger partial charge in [-0.2, -0.15) is 8.42 Å². The molecule has 0 heterocycles. The molecule has 0 aliphatic heterocycles. The van der Waals surface area contributed by atoms with Gasteiger partial charge in [0.1, 0.15) is 0 Å². The van der Waals surface area contributed by atoms with Crippen LogP contribution in [-0.4, -0.2) is 26.1 Å². The van der Waals surface area contributed by atoms with E-state index in [9.17, 15) is 8.42 Å². The van der Waals surface area contributed by atoms with E-state index in [1.54, 1.807) is 0 Å². The third-order valence-corrected chi connectivity index (χ3v) is 2.65. The van der Waals surface area contributed by atoms with Crippen LogP contribution in [0.25, 0.3) is 0 Å². The molecule has 0 aliphatic rings. The van der Waals surface area contributed by atoms with Gasteiger partial charge in [0.2, 0.25) is 0 Å². The Balaban J connectivity index is 0. The summed E-state index contributed by atoms with van der Waals surface area (Å²) in [6.45, 7) is 9.53. The van der Waals surface area contributed by atoms with Crippen molar-refractivity contribution in [2.45, 2.75) is 32.2 Å². The van der Waals surface area contributed by atoms with Crippen LogP contribution in [0.4, 0.5) is 0 Å². The third kappa shape index (κ3) is 13.2. The summed E-state index contributed by atoms with van der Waals surface area (Å²) in [5.41, 5.74) is 5.89. The Morgan fingerprint density at radius 3 is 1.88 bits per heavy atom. The van der Waals surface area contributed by atoms with Crippen LogP contribution in [0, 0.1) is 5.92 Å². The topological polar surface area (TPSA) is 89.6 Å². The maximum Gasteiger partial charge on any atom is 0.397 e. The van der Waals surface area contributed by atoms with Crippen LogP contribution in [0.2, 0.25) is 0 Å². The summed E-state index contributed by atoms with van der Waals surface area (Å²) in [5, 5.41) is 0. The molecule has 3 N–H and O–H groups in total. The molecule has 1 unspecified atom stereocenters. The number of hydrogen-bond acceptors (Lipinski definition) is 4. The van der Waals surface area contributed by atoms with E-state index in [2.05, 4.69) is 24.3 Å². The fraction of sp³-hybridized carbons (Fsp3) is 0.636. The maximum absolute atomic E-state index is 9.33. The van der Waals surface area contributed by atoms with E-state index in [0.717, 1.165) is 26.4 Å². The molecule has 102 valence electrons. The van der Waals surface area contributed by atoms with Gasteiger partial charge >= 0.3 is 10.4 Å². The lowest BCUT2D eigenvalue weighted by molar-refractivity contribution is 0.324. The molecular formula is C11H23NO4S. The minimum atomic E-state index is -4.16. The molecule has 0 bridgehead atoms. The van der Waals surface area contributed by atoms with Crippen molar-refractivity contribution < 1.29 is 17.2 Å². The maximum atomic E-state index is 9.33. The molecule has 0 radical (unpaired) electrons. The van der Waals surface area contributed by atoms with Crippen LogP contribution in [0.15, 0.2) is 25.3 Å². The highest BCUT2D eigenvalue weighted by atomic mass is 32.3. The third-order valence-electron chi connectivity index (χ3n) is 2.23. The highest BCUT2D eigenvalue weighted by molar-refractivity contribution is 7.80. The first kappa shape index (κ1) is 18.7. The van der Waals surface area contributed by atoms with Crippen LogP contribution in [0.5, 0.6) is 0 Å². The van der Waals surface area contributed by atoms with Gasteiger partial charge < -0.3 is 5.73 Å². The van der Waals surface area contributed by atoms with Crippen LogP contribution >= 0.6 is 0 Å². The van der Waals surface area contributed by atoms with Gasteiger partial charge in [-0.1, -0.05) is 19.1 Å². The summed E-state index contributed by atoms with van der Waals surface area (Å²) in [7, 11) is -3.29. The van der Waals surface area contributed by atoms with Crippen LogP contribution in [0.1, 0.15) is 26.2 Å². The first-order chi connectivity index (χ1) is 7.82. The minimum Gasteiger partial charge on any atom is -0.327 e. The first-order valence-electron chi connectivity index (χ1n) is 5.32. The monoisotopic (exact) mass is 265 g/mol. The molecule has 0 rings (SSSR count). The van der Waals surface area contributed by atoms with E-state index < -0.39 is 10.4 Å². The molecule has 0 spiro atoms. The molecule has 6 heteroatoms. The van der Waals surface area contributed by atoms with Gasteiger partial charge in [0, 0.05) is 6.04 Å². The van der Waals surface area contributed by atoms with Gasteiger partial charge in [-0.05, 0) is 25.2 Å². The number of nitrogens with two attached hydrogens (primary N) is 1. The second-order valence-corrected chi connectivity index (χ2v) is 4.66. The normalized spacial score (nSPS) is 12.5. The van der Waals surface area contributed by atoms with Crippen molar-refractivity contribution in [3.8, 4) is 0 Å². The number of allylic oxidation sites excluding steroid dienone is 2. The van der Waals surface area contributed by atoms with Gasteiger partial charge in [0.25, 0.3) is 0 Å². The molecule has 0 aromatic heterocycles. The van der Waals surface area contributed by atoms with Crippen molar-refractivity contribution in [3.63, 3.8) is 0 Å². The quantitative estimate of drug-likeness (QED) is 0.542. The first-order valence-corrected chi connectivity index (χ1v) is 6.69. The Labute approximate surface area is 104 Å². The standard InChI is InChI=1S/C10H19N.CH4O4S/c1-4-7-9(8-5-2)10(11)6-3;1-5-6(2,3)4/h4-5,9-10H,1-2,6-8,11H2,3H3;1H3,(H,2,3,4). The second-order valence-electron chi connectivity index (χ2n) is 3.48. The highest BCUT2D eigenvalue weighted by Crippen LogP contribution is 2.15. The summed E-state index contributed by atoms with van der Waals surface area (Å²) in [4.78, 5) is 0. The van der Waals surface area contributed by atoms with Crippen molar-refractivity contribution in [2.24, 2.45) is 11.7 Å². The van der Waals surface area contributed by atoms with Crippen LogP contribution in [0.3, 0.4) is 0 Å². The van der Waals surface area contributed by atoms with Crippen molar-refractivity contribution in [1.82, 2.24) is 0 Å². The van der Waals surface area contributed by atoms with Crippen LogP contribution < -0.4 is 5.73 Å². The fourth-order valence-corrected chi connectivity index (χ4v) is 1.21. The van der Waals surface area contributed by atoms with E-state index in [0.29, 0.717) is 12.0 Å². The molecular weight excluding hydrogens is 242 g/mol. The lowest BCUT2D eigenvalue weighted by Gasteiger charge is -2.19. The van der Waals surface area contributed by atoms with Crippen molar-refractivity contribution >= 4 is 10.4 Å². The molecule has 1 atom stereocenters. The summed E-state index contributed by atoms with van der Waals surface area (Å²) < 4.78 is 29.7. The van der Waals surface area contributed by atoms with Crippen molar-refractivity contribution in [2.75, 3.05) is 7.11 Å². The Morgan fingerprint density at radius 1 is 1.35 bits per heavy atom. The van der Waals surface area contributed by atoms with Crippen molar-refractivity contribution in [1.29, 1.82) is 0 Å². The number of rotatable bonds is 7. The predicted molar refractivity (Wildman–Crippen MR) is 69.9 cm³/mol. The molecule has 0 saturated heterocycles. The summed E-state index contributed by atoms with van der Waals surface area (Å²) in [5.74, 6) is 0.537. The molecule has 0 aliphatic carbocycles. The molecule has 0 saturated carbocycles. The highest BCUT2D eigenvalue weighted by Gasteiger charge is 2.12. The SMILES string of the molecule is C=CCC(CC=C)C(N)CC.COS(=O)(=O)O. The summed E-state index contributed by atoms with van der Waals surface area (Å²) in [6.07, 6.45) is 6.90. The Bertz CT molecular complexity index is 291. The lowest BCUT2D eigenvalue weighted by atomic mass is 9.92. The smallest absolute Gasteiger partial charge is 0.327 e. The van der Waals surface area contributed by atoms with E-state index in [1.165, 1.54) is 0 Å². The van der Waals surface area contributed by atoms with E-state index in [1.807, 2.05) is 12.2 Å². The Hall–Kier alpha value is -0.690. The molecule has 5 nitrogen and oxygen atoms in total. The minimum absolute atomic E-state index is 0.297. The van der Waals surface area contributed by atoms with E-state index >= 15 is 0 Å². The van der Waals surface area contributed by atoms with Crippen LogP contribution in [-0.2, 0) is 14.6 Å². The zero-order valence-corrected chi connectivity index (χ0v) is 11.3. The average Bonchev–Trinajstić information content (AvgIpc) is 2.27. The van der Waals surface area contributed by atoms with E-state index in [4.69, 9.17) is 10.3 Å². The summed E-state index contributed by atoms with van der Waals surface area (Å²) in [6, 6.07) is 0.297. The fourth-order valence-electron chi connectivity index (χ4n) is 1.21. The van der Waals surface area contributed by atoms with Gasteiger partial charge in [0.05, 0.1) is 7.11 Å². The van der Waals surface area contributed by atoms with Gasteiger partial charge in [-0.15, -0.1) is 13.2 Å². The molecule has 0 amide bonds. The lowest BCUT2D eigenvalue weighted by Crippen LogP contribution is -2.28. The van der Waals surface area contributed by atoms with Crippen molar-refractivity contribution in [3.05, 3.63) is 25.3 Å². The molecule has 0 fully saturated rings. The molecule has 0 aromatic rings.